The van der Waals surface area contributed by atoms with E-state index in [1.165, 1.54) is 0 Å². The van der Waals surface area contributed by atoms with Crippen LogP contribution in [0.25, 0.3) is 5.57 Å². The lowest BCUT2D eigenvalue weighted by atomic mass is 9.87. The number of carbonyl (C=O) groups is 1. The first-order valence-corrected chi connectivity index (χ1v) is 7.39. The molecule has 3 heteroatoms. The fraction of sp³-hybridized carbons (Fsp3) is 0.211. The van der Waals surface area contributed by atoms with Gasteiger partial charge in [-0.25, -0.2) is 4.79 Å². The van der Waals surface area contributed by atoms with Crippen LogP contribution in [0.2, 0.25) is 0 Å². The molecule has 22 heavy (non-hydrogen) atoms. The Kier molecular flexibility index (Phi) is 3.96. The van der Waals surface area contributed by atoms with Gasteiger partial charge in [0, 0.05) is 5.57 Å². The van der Waals surface area contributed by atoms with Crippen LogP contribution in [0.15, 0.2) is 60.2 Å². The Bertz CT molecular complexity index is 699. The number of rotatable bonds is 4. The standard InChI is InChI=1S/C19H18O3/c1-3-16-18(19(20)22-16)17(13-7-5-4-6-8-13)14-9-11-15(21-2)12-10-14/h4-12,16H,3H2,1-2H3/b18-17-/t16-/m0/s1. The van der Waals surface area contributed by atoms with Gasteiger partial charge in [-0.3, -0.25) is 0 Å². The van der Waals surface area contributed by atoms with Crippen LogP contribution in [0.3, 0.4) is 0 Å². The Morgan fingerprint density at radius 1 is 1.05 bits per heavy atom. The Morgan fingerprint density at radius 2 is 1.68 bits per heavy atom. The second-order valence-corrected chi connectivity index (χ2v) is 5.19. The van der Waals surface area contributed by atoms with E-state index in [9.17, 15) is 4.79 Å². The smallest absolute Gasteiger partial charge is 0.339 e. The lowest BCUT2D eigenvalue weighted by Crippen LogP contribution is -2.37. The van der Waals surface area contributed by atoms with Crippen LogP contribution in [-0.2, 0) is 9.53 Å². The molecule has 2 aromatic rings. The van der Waals surface area contributed by atoms with Crippen molar-refractivity contribution in [1.82, 2.24) is 0 Å². The van der Waals surface area contributed by atoms with Gasteiger partial charge in [-0.15, -0.1) is 0 Å². The van der Waals surface area contributed by atoms with Crippen LogP contribution in [0.4, 0.5) is 0 Å². The molecular formula is C19H18O3. The maximum Gasteiger partial charge on any atom is 0.339 e. The fourth-order valence-corrected chi connectivity index (χ4v) is 2.72. The van der Waals surface area contributed by atoms with Gasteiger partial charge in [0.15, 0.2) is 0 Å². The molecule has 3 nitrogen and oxygen atoms in total. The van der Waals surface area contributed by atoms with Crippen molar-refractivity contribution in [1.29, 1.82) is 0 Å². The van der Waals surface area contributed by atoms with E-state index >= 15 is 0 Å². The van der Waals surface area contributed by atoms with Crippen molar-refractivity contribution in [2.24, 2.45) is 0 Å². The molecule has 0 aromatic heterocycles. The Hall–Kier alpha value is -2.55. The SMILES string of the molecule is CC[C@@H]1OC(=O)/C1=C(/c1ccccc1)c1ccc(OC)cc1. The monoisotopic (exact) mass is 294 g/mol. The number of benzene rings is 2. The predicted octanol–water partition coefficient (Wildman–Crippen LogP) is 3.83. The second-order valence-electron chi connectivity index (χ2n) is 5.19. The zero-order chi connectivity index (χ0) is 15.5. The van der Waals surface area contributed by atoms with E-state index in [4.69, 9.17) is 9.47 Å². The van der Waals surface area contributed by atoms with Gasteiger partial charge in [0.2, 0.25) is 0 Å². The highest BCUT2D eigenvalue weighted by Crippen LogP contribution is 2.36. The van der Waals surface area contributed by atoms with Crippen molar-refractivity contribution in [3.63, 3.8) is 0 Å². The maximum atomic E-state index is 12.0. The third-order valence-electron chi connectivity index (χ3n) is 3.87. The molecule has 1 fully saturated rings. The second kappa shape index (κ2) is 6.06. The van der Waals surface area contributed by atoms with Crippen molar-refractivity contribution in [3.8, 4) is 5.75 Å². The molecule has 1 atom stereocenters. The minimum Gasteiger partial charge on any atom is -0.497 e. The summed E-state index contributed by atoms with van der Waals surface area (Å²) in [4.78, 5) is 12.0. The topological polar surface area (TPSA) is 35.5 Å². The van der Waals surface area contributed by atoms with E-state index in [1.807, 2.05) is 61.5 Å². The van der Waals surface area contributed by atoms with Crippen LogP contribution in [0, 0.1) is 0 Å². The molecule has 112 valence electrons. The number of hydrogen-bond donors (Lipinski definition) is 0. The van der Waals surface area contributed by atoms with Gasteiger partial charge >= 0.3 is 5.97 Å². The van der Waals surface area contributed by atoms with Gasteiger partial charge in [0.25, 0.3) is 0 Å². The van der Waals surface area contributed by atoms with Gasteiger partial charge in [-0.05, 0) is 29.7 Å². The highest BCUT2D eigenvalue weighted by molar-refractivity contribution is 6.06. The minimum absolute atomic E-state index is 0.121. The molecular weight excluding hydrogens is 276 g/mol. The number of hydrogen-bond acceptors (Lipinski definition) is 3. The van der Waals surface area contributed by atoms with E-state index < -0.39 is 0 Å². The number of methoxy groups -OCH3 is 1. The molecule has 0 spiro atoms. The predicted molar refractivity (Wildman–Crippen MR) is 85.6 cm³/mol. The molecule has 0 N–H and O–H groups in total. The van der Waals surface area contributed by atoms with Crippen molar-refractivity contribution in [2.45, 2.75) is 19.4 Å². The molecule has 2 aromatic carbocycles. The van der Waals surface area contributed by atoms with Gasteiger partial charge in [-0.1, -0.05) is 49.4 Å². The summed E-state index contributed by atoms with van der Waals surface area (Å²) in [5, 5.41) is 0. The lowest BCUT2D eigenvalue weighted by molar-refractivity contribution is -0.155. The molecule has 1 aliphatic rings. The van der Waals surface area contributed by atoms with Gasteiger partial charge in [-0.2, -0.15) is 0 Å². The zero-order valence-electron chi connectivity index (χ0n) is 12.7. The zero-order valence-corrected chi connectivity index (χ0v) is 12.7. The summed E-state index contributed by atoms with van der Waals surface area (Å²) in [5.41, 5.74) is 3.74. The molecule has 0 unspecified atom stereocenters. The summed E-state index contributed by atoms with van der Waals surface area (Å²) in [6, 6.07) is 17.7. The number of carbonyl (C=O) groups excluding carboxylic acids is 1. The summed E-state index contributed by atoms with van der Waals surface area (Å²) in [6.07, 6.45) is 0.665. The molecule has 0 aliphatic carbocycles. The lowest BCUT2D eigenvalue weighted by Gasteiger charge is -2.31. The van der Waals surface area contributed by atoms with Crippen molar-refractivity contribution < 1.29 is 14.3 Å². The van der Waals surface area contributed by atoms with E-state index in [2.05, 4.69) is 0 Å². The van der Waals surface area contributed by atoms with Crippen LogP contribution >= 0.6 is 0 Å². The van der Waals surface area contributed by atoms with Crippen LogP contribution in [0.5, 0.6) is 5.75 Å². The number of esters is 1. The summed E-state index contributed by atoms with van der Waals surface area (Å²) in [5.74, 6) is 0.575. The molecule has 0 radical (unpaired) electrons. The molecule has 1 aliphatic heterocycles. The largest absolute Gasteiger partial charge is 0.497 e. The fourth-order valence-electron chi connectivity index (χ4n) is 2.72. The number of cyclic esters (lactones) is 1. The molecule has 0 saturated carbocycles. The first-order chi connectivity index (χ1) is 10.7. The van der Waals surface area contributed by atoms with Crippen molar-refractivity contribution in [3.05, 3.63) is 71.3 Å². The minimum atomic E-state index is -0.221. The third-order valence-corrected chi connectivity index (χ3v) is 3.87. The molecule has 0 amide bonds. The van der Waals surface area contributed by atoms with Gasteiger partial charge in [0.1, 0.15) is 11.9 Å². The average molecular weight is 294 g/mol. The van der Waals surface area contributed by atoms with Crippen LogP contribution in [-0.4, -0.2) is 19.2 Å². The molecule has 0 bridgehead atoms. The summed E-state index contributed by atoms with van der Waals surface area (Å²) < 4.78 is 10.5. The van der Waals surface area contributed by atoms with E-state index in [0.29, 0.717) is 0 Å². The normalized spacial score (nSPS) is 19.2. The van der Waals surface area contributed by atoms with E-state index in [0.717, 1.165) is 34.4 Å². The Morgan fingerprint density at radius 3 is 2.23 bits per heavy atom. The first-order valence-electron chi connectivity index (χ1n) is 7.39. The first kappa shape index (κ1) is 14.4. The van der Waals surface area contributed by atoms with Crippen LogP contribution in [0.1, 0.15) is 24.5 Å². The molecule has 1 heterocycles. The highest BCUT2D eigenvalue weighted by atomic mass is 16.6. The maximum absolute atomic E-state index is 12.0. The molecule has 1 saturated heterocycles. The summed E-state index contributed by atoms with van der Waals surface area (Å²) in [7, 11) is 1.64. The quantitative estimate of drug-likeness (QED) is 0.635. The summed E-state index contributed by atoms with van der Waals surface area (Å²) >= 11 is 0. The third kappa shape index (κ3) is 2.50. The molecule has 3 rings (SSSR count). The van der Waals surface area contributed by atoms with Crippen LogP contribution < -0.4 is 4.74 Å². The average Bonchev–Trinajstić information content (AvgIpc) is 2.58. The van der Waals surface area contributed by atoms with Gasteiger partial charge < -0.3 is 9.47 Å². The Labute approximate surface area is 130 Å². The van der Waals surface area contributed by atoms with Crippen molar-refractivity contribution in [2.75, 3.05) is 7.11 Å². The van der Waals surface area contributed by atoms with E-state index in [-0.39, 0.29) is 12.1 Å². The van der Waals surface area contributed by atoms with E-state index in [1.54, 1.807) is 7.11 Å². The summed E-state index contributed by atoms with van der Waals surface area (Å²) in [6.45, 7) is 2.02. The highest BCUT2D eigenvalue weighted by Gasteiger charge is 2.37. The number of ether oxygens (including phenoxy) is 2. The van der Waals surface area contributed by atoms with Gasteiger partial charge in [0.05, 0.1) is 12.7 Å². The Balaban J connectivity index is 2.15. The van der Waals surface area contributed by atoms with Crippen molar-refractivity contribution >= 4 is 11.5 Å².